The first-order chi connectivity index (χ1) is 15.4. The summed E-state index contributed by atoms with van der Waals surface area (Å²) in [7, 11) is 0. The lowest BCUT2D eigenvalue weighted by Crippen LogP contribution is -2.27. The molecule has 0 atom stereocenters. The van der Waals surface area contributed by atoms with Crippen LogP contribution in [0, 0.1) is 0 Å². The first-order valence-corrected chi connectivity index (χ1v) is 11.5. The maximum absolute atomic E-state index is 12.8. The molecule has 0 spiro atoms. The molecule has 0 bridgehead atoms. The highest BCUT2D eigenvalue weighted by Gasteiger charge is 2.35. The number of imide groups is 1. The normalized spacial score (nSPS) is 14.8. The van der Waals surface area contributed by atoms with Gasteiger partial charge in [0.25, 0.3) is 11.1 Å². The molecule has 0 N–H and O–H groups in total. The molecule has 0 saturated carbocycles. The molecule has 1 aliphatic heterocycles. The standard InChI is InChI=1S/C24H15BrClNO4S/c25-19-7-3-1-5-16(19)14-27-22(28)21(32-24(27)30)13-15-9-11-17(12-10-15)31-23(29)18-6-2-4-8-20(18)26/h1-13H,14H2/b21-13-. The zero-order chi connectivity index (χ0) is 22.7. The maximum Gasteiger partial charge on any atom is 0.345 e. The monoisotopic (exact) mass is 527 g/mol. The molecule has 0 radical (unpaired) electrons. The Morgan fingerprint density at radius 1 is 1.00 bits per heavy atom. The molecular formula is C24H15BrClNO4S. The van der Waals surface area contributed by atoms with Gasteiger partial charge in [-0.3, -0.25) is 14.5 Å². The molecular weight excluding hydrogens is 514 g/mol. The highest BCUT2D eigenvalue weighted by atomic mass is 79.9. The van der Waals surface area contributed by atoms with Crippen molar-refractivity contribution in [2.75, 3.05) is 0 Å². The third-order valence-corrected chi connectivity index (χ3v) is 6.65. The zero-order valence-corrected chi connectivity index (χ0v) is 19.6. The molecule has 8 heteroatoms. The molecule has 1 aliphatic rings. The van der Waals surface area contributed by atoms with Crippen LogP contribution in [0.15, 0.2) is 82.2 Å². The fraction of sp³-hybridized carbons (Fsp3) is 0.0417. The van der Waals surface area contributed by atoms with E-state index in [4.69, 9.17) is 16.3 Å². The number of rotatable bonds is 5. The Bertz CT molecular complexity index is 1240. The number of carbonyl (C=O) groups excluding carboxylic acids is 3. The van der Waals surface area contributed by atoms with E-state index in [2.05, 4.69) is 15.9 Å². The average Bonchev–Trinajstić information content (AvgIpc) is 3.04. The Morgan fingerprint density at radius 3 is 2.41 bits per heavy atom. The van der Waals surface area contributed by atoms with Crippen LogP contribution in [0.25, 0.3) is 6.08 Å². The van der Waals surface area contributed by atoms with Crippen molar-refractivity contribution in [3.63, 3.8) is 0 Å². The van der Waals surface area contributed by atoms with Crippen LogP contribution in [0.5, 0.6) is 5.75 Å². The largest absolute Gasteiger partial charge is 0.423 e. The predicted octanol–water partition coefficient (Wildman–Crippen LogP) is 6.56. The summed E-state index contributed by atoms with van der Waals surface area (Å²) in [5.41, 5.74) is 1.83. The Kier molecular flexibility index (Phi) is 6.79. The van der Waals surface area contributed by atoms with Gasteiger partial charge in [0.05, 0.1) is 22.0 Å². The SMILES string of the molecule is O=C(Oc1ccc(/C=C2\SC(=O)N(Cc3ccccc3Br)C2=O)cc1)c1ccccc1Cl. The smallest absolute Gasteiger partial charge is 0.345 e. The minimum atomic E-state index is -0.559. The minimum Gasteiger partial charge on any atom is -0.423 e. The van der Waals surface area contributed by atoms with E-state index in [9.17, 15) is 14.4 Å². The van der Waals surface area contributed by atoms with Crippen LogP contribution in [0.3, 0.4) is 0 Å². The first kappa shape index (κ1) is 22.3. The molecule has 1 fully saturated rings. The Labute approximate surface area is 202 Å². The number of halogens is 2. The Balaban J connectivity index is 1.45. The Morgan fingerprint density at radius 2 is 1.69 bits per heavy atom. The number of carbonyl (C=O) groups is 3. The summed E-state index contributed by atoms with van der Waals surface area (Å²) >= 11 is 10.4. The second kappa shape index (κ2) is 9.73. The molecule has 0 aliphatic carbocycles. The highest BCUT2D eigenvalue weighted by Crippen LogP contribution is 2.34. The number of nitrogens with zero attached hydrogens (tertiary/aromatic N) is 1. The van der Waals surface area contributed by atoms with Crippen molar-refractivity contribution in [2.24, 2.45) is 0 Å². The highest BCUT2D eigenvalue weighted by molar-refractivity contribution is 9.10. The van der Waals surface area contributed by atoms with Gasteiger partial charge in [0.1, 0.15) is 5.75 Å². The number of hydrogen-bond donors (Lipinski definition) is 0. The van der Waals surface area contributed by atoms with E-state index in [1.165, 1.54) is 4.90 Å². The summed E-state index contributed by atoms with van der Waals surface area (Å²) in [4.78, 5) is 39.0. The van der Waals surface area contributed by atoms with E-state index in [0.717, 1.165) is 21.8 Å². The molecule has 0 unspecified atom stereocenters. The van der Waals surface area contributed by atoms with Gasteiger partial charge in [-0.15, -0.1) is 0 Å². The fourth-order valence-electron chi connectivity index (χ4n) is 3.01. The summed E-state index contributed by atoms with van der Waals surface area (Å²) in [6.45, 7) is 0.195. The van der Waals surface area contributed by atoms with Crippen LogP contribution in [0.2, 0.25) is 5.02 Å². The van der Waals surface area contributed by atoms with Crippen molar-refractivity contribution in [2.45, 2.75) is 6.54 Å². The van der Waals surface area contributed by atoms with Gasteiger partial charge in [-0.25, -0.2) is 4.79 Å². The molecule has 2 amide bonds. The van der Waals surface area contributed by atoms with Gasteiger partial charge in [-0.1, -0.05) is 70.0 Å². The zero-order valence-electron chi connectivity index (χ0n) is 16.5. The van der Waals surface area contributed by atoms with Gasteiger partial charge in [0.15, 0.2) is 0 Å². The summed E-state index contributed by atoms with van der Waals surface area (Å²) in [5, 5.41) is -0.00493. The third-order valence-electron chi connectivity index (χ3n) is 4.64. The lowest BCUT2D eigenvalue weighted by atomic mass is 10.2. The van der Waals surface area contributed by atoms with Gasteiger partial charge < -0.3 is 4.74 Å². The maximum atomic E-state index is 12.8. The van der Waals surface area contributed by atoms with Crippen molar-refractivity contribution in [1.29, 1.82) is 0 Å². The number of hydrogen-bond acceptors (Lipinski definition) is 5. The van der Waals surface area contributed by atoms with Gasteiger partial charge in [-0.05, 0) is 59.3 Å². The molecule has 4 rings (SSSR count). The number of benzene rings is 3. The van der Waals surface area contributed by atoms with Crippen LogP contribution in [0.4, 0.5) is 4.79 Å². The van der Waals surface area contributed by atoms with Crippen LogP contribution in [-0.4, -0.2) is 22.0 Å². The van der Waals surface area contributed by atoms with Crippen molar-refractivity contribution in [3.05, 3.63) is 104 Å². The molecule has 3 aromatic rings. The van der Waals surface area contributed by atoms with Crippen LogP contribution < -0.4 is 4.74 Å². The van der Waals surface area contributed by atoms with Crippen molar-refractivity contribution in [1.82, 2.24) is 4.90 Å². The van der Waals surface area contributed by atoms with Crippen LogP contribution in [0.1, 0.15) is 21.5 Å². The molecule has 32 heavy (non-hydrogen) atoms. The number of amides is 2. The first-order valence-electron chi connectivity index (χ1n) is 9.48. The molecule has 0 aromatic heterocycles. The number of thioether (sulfide) groups is 1. The van der Waals surface area contributed by atoms with Gasteiger partial charge >= 0.3 is 5.97 Å². The fourth-order valence-corrected chi connectivity index (χ4v) is 4.47. The van der Waals surface area contributed by atoms with E-state index >= 15 is 0 Å². The van der Waals surface area contributed by atoms with E-state index in [-0.39, 0.29) is 23.3 Å². The van der Waals surface area contributed by atoms with Crippen LogP contribution in [-0.2, 0) is 11.3 Å². The molecule has 1 saturated heterocycles. The second-order valence-electron chi connectivity index (χ2n) is 6.80. The van der Waals surface area contributed by atoms with E-state index < -0.39 is 5.97 Å². The van der Waals surface area contributed by atoms with E-state index in [1.54, 1.807) is 54.6 Å². The van der Waals surface area contributed by atoms with Crippen molar-refractivity contribution >= 4 is 62.5 Å². The quantitative estimate of drug-likeness (QED) is 0.213. The number of ether oxygens (including phenoxy) is 1. The average molecular weight is 529 g/mol. The van der Waals surface area contributed by atoms with Crippen LogP contribution >= 0.6 is 39.3 Å². The van der Waals surface area contributed by atoms with Crippen molar-refractivity contribution < 1.29 is 19.1 Å². The summed E-state index contributed by atoms with van der Waals surface area (Å²) in [6, 6.07) is 20.7. The second-order valence-corrected chi connectivity index (χ2v) is 9.05. The van der Waals surface area contributed by atoms with Gasteiger partial charge in [0.2, 0.25) is 0 Å². The third kappa shape index (κ3) is 4.96. The number of esters is 1. The van der Waals surface area contributed by atoms with E-state index in [1.807, 2.05) is 24.3 Å². The van der Waals surface area contributed by atoms with Gasteiger partial charge in [0, 0.05) is 4.47 Å². The van der Waals surface area contributed by atoms with Gasteiger partial charge in [-0.2, -0.15) is 0 Å². The minimum absolute atomic E-state index is 0.195. The van der Waals surface area contributed by atoms with Crippen molar-refractivity contribution in [3.8, 4) is 5.75 Å². The molecule has 5 nitrogen and oxygen atoms in total. The van der Waals surface area contributed by atoms with E-state index in [0.29, 0.717) is 21.2 Å². The summed E-state index contributed by atoms with van der Waals surface area (Å²) in [5.74, 6) is -0.560. The summed E-state index contributed by atoms with van der Waals surface area (Å²) < 4.78 is 6.19. The summed E-state index contributed by atoms with van der Waals surface area (Å²) in [6.07, 6.45) is 1.64. The molecule has 160 valence electrons. The predicted molar refractivity (Wildman–Crippen MR) is 129 cm³/mol. The molecule has 1 heterocycles. The lowest BCUT2D eigenvalue weighted by Gasteiger charge is -2.13. The Hall–Kier alpha value is -2.87. The topological polar surface area (TPSA) is 63.7 Å². The lowest BCUT2D eigenvalue weighted by molar-refractivity contribution is -0.123. The molecule has 3 aromatic carbocycles.